The first-order valence-electron chi connectivity index (χ1n) is 4.73. The summed E-state index contributed by atoms with van der Waals surface area (Å²) < 4.78 is 9.86. The maximum absolute atomic E-state index is 12.0. The standard InChI is InChI=1S/C12H8Cl2O3/c1-16-11-5-9(13)8(4-10(11)14)12(15)7-2-3-17-6-7/h2-6H,1H3. The minimum atomic E-state index is -0.242. The van der Waals surface area contributed by atoms with Crippen molar-refractivity contribution in [2.75, 3.05) is 7.11 Å². The van der Waals surface area contributed by atoms with Crippen LogP contribution < -0.4 is 4.74 Å². The minimum absolute atomic E-state index is 0.242. The molecule has 0 unspecified atom stereocenters. The third kappa shape index (κ3) is 2.30. The van der Waals surface area contributed by atoms with Crippen LogP contribution in [0, 0.1) is 0 Å². The SMILES string of the molecule is COc1cc(Cl)c(C(=O)c2ccoc2)cc1Cl. The molecule has 2 rings (SSSR count). The normalized spacial score (nSPS) is 10.3. The van der Waals surface area contributed by atoms with E-state index < -0.39 is 0 Å². The van der Waals surface area contributed by atoms with E-state index in [1.165, 1.54) is 31.8 Å². The quantitative estimate of drug-likeness (QED) is 0.796. The van der Waals surface area contributed by atoms with Crippen LogP contribution in [-0.4, -0.2) is 12.9 Å². The Hall–Kier alpha value is -1.45. The van der Waals surface area contributed by atoms with Crippen LogP contribution in [-0.2, 0) is 0 Å². The predicted molar refractivity (Wildman–Crippen MR) is 65.2 cm³/mol. The van der Waals surface area contributed by atoms with Gasteiger partial charge in [0.1, 0.15) is 12.0 Å². The zero-order valence-corrected chi connectivity index (χ0v) is 10.4. The van der Waals surface area contributed by atoms with Crippen LogP contribution in [0.1, 0.15) is 15.9 Å². The fraction of sp³-hybridized carbons (Fsp3) is 0.0833. The lowest BCUT2D eigenvalue weighted by molar-refractivity contribution is 0.103. The van der Waals surface area contributed by atoms with E-state index in [1.54, 1.807) is 6.07 Å². The lowest BCUT2D eigenvalue weighted by atomic mass is 10.1. The molecule has 0 fully saturated rings. The Morgan fingerprint density at radius 1 is 1.29 bits per heavy atom. The summed E-state index contributed by atoms with van der Waals surface area (Å²) in [6, 6.07) is 4.56. The van der Waals surface area contributed by atoms with E-state index >= 15 is 0 Å². The van der Waals surface area contributed by atoms with Crippen molar-refractivity contribution in [3.8, 4) is 5.75 Å². The van der Waals surface area contributed by atoms with E-state index in [2.05, 4.69) is 0 Å². The van der Waals surface area contributed by atoms with Crippen molar-refractivity contribution in [3.63, 3.8) is 0 Å². The van der Waals surface area contributed by atoms with Gasteiger partial charge in [-0.1, -0.05) is 23.2 Å². The van der Waals surface area contributed by atoms with Gasteiger partial charge in [-0.15, -0.1) is 0 Å². The highest BCUT2D eigenvalue weighted by atomic mass is 35.5. The number of ketones is 1. The second kappa shape index (κ2) is 4.82. The van der Waals surface area contributed by atoms with Crippen LogP contribution in [0.5, 0.6) is 5.75 Å². The third-order valence-corrected chi connectivity index (χ3v) is 2.88. The number of ether oxygens (including phenoxy) is 1. The van der Waals surface area contributed by atoms with Gasteiger partial charge in [0.05, 0.1) is 29.0 Å². The third-order valence-electron chi connectivity index (χ3n) is 2.27. The molecular weight excluding hydrogens is 263 g/mol. The van der Waals surface area contributed by atoms with Crippen LogP contribution in [0.4, 0.5) is 0 Å². The molecule has 0 aliphatic rings. The molecule has 0 N–H and O–H groups in total. The average Bonchev–Trinajstić information content (AvgIpc) is 2.84. The Kier molecular flexibility index (Phi) is 3.41. The number of benzene rings is 1. The van der Waals surface area contributed by atoms with Gasteiger partial charge in [0.2, 0.25) is 0 Å². The zero-order valence-electron chi connectivity index (χ0n) is 8.87. The molecule has 0 aliphatic heterocycles. The number of furan rings is 1. The second-order valence-corrected chi connectivity index (χ2v) is 4.12. The molecule has 2 aromatic rings. The van der Waals surface area contributed by atoms with Crippen molar-refractivity contribution in [3.05, 3.63) is 51.9 Å². The van der Waals surface area contributed by atoms with Crippen LogP contribution in [0.25, 0.3) is 0 Å². The van der Waals surface area contributed by atoms with E-state index in [9.17, 15) is 4.79 Å². The number of hydrogen-bond donors (Lipinski definition) is 0. The number of methoxy groups -OCH3 is 1. The summed E-state index contributed by atoms with van der Waals surface area (Å²) in [4.78, 5) is 12.0. The van der Waals surface area contributed by atoms with Crippen LogP contribution in [0.3, 0.4) is 0 Å². The molecule has 0 saturated heterocycles. The first kappa shape index (κ1) is 12.0. The van der Waals surface area contributed by atoms with Crippen molar-refractivity contribution < 1.29 is 13.9 Å². The summed E-state index contributed by atoms with van der Waals surface area (Å²) in [6.45, 7) is 0. The number of carbonyl (C=O) groups excluding carboxylic acids is 1. The van der Waals surface area contributed by atoms with E-state index in [0.29, 0.717) is 21.9 Å². The van der Waals surface area contributed by atoms with Gasteiger partial charge >= 0.3 is 0 Å². The highest BCUT2D eigenvalue weighted by molar-refractivity contribution is 6.37. The lowest BCUT2D eigenvalue weighted by Gasteiger charge is -2.07. The maximum Gasteiger partial charge on any atom is 0.197 e. The van der Waals surface area contributed by atoms with E-state index in [4.69, 9.17) is 32.4 Å². The van der Waals surface area contributed by atoms with Crippen molar-refractivity contribution >= 4 is 29.0 Å². The zero-order chi connectivity index (χ0) is 12.4. The van der Waals surface area contributed by atoms with Crippen molar-refractivity contribution in [2.45, 2.75) is 0 Å². The van der Waals surface area contributed by atoms with E-state index in [-0.39, 0.29) is 10.8 Å². The Morgan fingerprint density at radius 3 is 2.65 bits per heavy atom. The van der Waals surface area contributed by atoms with Gasteiger partial charge in [0.15, 0.2) is 5.78 Å². The summed E-state index contributed by atoms with van der Waals surface area (Å²) in [7, 11) is 1.48. The van der Waals surface area contributed by atoms with Gasteiger partial charge in [-0.25, -0.2) is 0 Å². The summed E-state index contributed by atoms with van der Waals surface area (Å²) in [5.74, 6) is 0.189. The summed E-state index contributed by atoms with van der Waals surface area (Å²) in [5.41, 5.74) is 0.743. The first-order valence-corrected chi connectivity index (χ1v) is 5.49. The molecule has 0 aliphatic carbocycles. The molecular formula is C12H8Cl2O3. The molecule has 3 nitrogen and oxygen atoms in total. The van der Waals surface area contributed by atoms with Crippen molar-refractivity contribution in [1.82, 2.24) is 0 Å². The molecule has 5 heteroatoms. The molecule has 0 saturated carbocycles. The minimum Gasteiger partial charge on any atom is -0.495 e. The van der Waals surface area contributed by atoms with Gasteiger partial charge in [0.25, 0.3) is 0 Å². The molecule has 0 bridgehead atoms. The summed E-state index contributed by atoms with van der Waals surface area (Å²) >= 11 is 11.9. The topological polar surface area (TPSA) is 39.4 Å². The van der Waals surface area contributed by atoms with Gasteiger partial charge in [0, 0.05) is 11.6 Å². The number of rotatable bonds is 3. The van der Waals surface area contributed by atoms with Crippen molar-refractivity contribution in [2.24, 2.45) is 0 Å². The highest BCUT2D eigenvalue weighted by Gasteiger charge is 2.16. The smallest absolute Gasteiger partial charge is 0.197 e. The molecule has 0 radical (unpaired) electrons. The van der Waals surface area contributed by atoms with Gasteiger partial charge < -0.3 is 9.15 Å². The molecule has 0 atom stereocenters. The molecule has 1 aromatic heterocycles. The Morgan fingerprint density at radius 2 is 2.06 bits per heavy atom. The van der Waals surface area contributed by atoms with Crippen molar-refractivity contribution in [1.29, 1.82) is 0 Å². The fourth-order valence-corrected chi connectivity index (χ4v) is 1.89. The number of hydrogen-bond acceptors (Lipinski definition) is 3. The lowest BCUT2D eigenvalue weighted by Crippen LogP contribution is -2.01. The van der Waals surface area contributed by atoms with Gasteiger partial charge in [-0.05, 0) is 12.1 Å². The Balaban J connectivity index is 2.46. The Bertz CT molecular complexity index is 547. The fourth-order valence-electron chi connectivity index (χ4n) is 1.41. The molecule has 1 heterocycles. The van der Waals surface area contributed by atoms with Gasteiger partial charge in [-0.3, -0.25) is 4.79 Å². The Labute approximate surface area is 108 Å². The van der Waals surface area contributed by atoms with E-state index in [1.807, 2.05) is 0 Å². The number of halogens is 2. The molecule has 88 valence electrons. The molecule has 1 aromatic carbocycles. The second-order valence-electron chi connectivity index (χ2n) is 3.31. The molecule has 0 amide bonds. The maximum atomic E-state index is 12.0. The van der Waals surface area contributed by atoms with Crippen LogP contribution >= 0.6 is 23.2 Å². The van der Waals surface area contributed by atoms with E-state index in [0.717, 1.165) is 0 Å². The first-order chi connectivity index (χ1) is 8.13. The average molecular weight is 271 g/mol. The summed E-state index contributed by atoms with van der Waals surface area (Å²) in [6.07, 6.45) is 2.78. The number of carbonyl (C=O) groups is 1. The largest absolute Gasteiger partial charge is 0.495 e. The molecule has 17 heavy (non-hydrogen) atoms. The summed E-state index contributed by atoms with van der Waals surface area (Å²) in [5, 5.41) is 0.626. The highest BCUT2D eigenvalue weighted by Crippen LogP contribution is 2.32. The van der Waals surface area contributed by atoms with Gasteiger partial charge in [-0.2, -0.15) is 0 Å². The molecule has 0 spiro atoms. The monoisotopic (exact) mass is 270 g/mol. The van der Waals surface area contributed by atoms with Crippen LogP contribution in [0.2, 0.25) is 10.0 Å². The van der Waals surface area contributed by atoms with Crippen LogP contribution in [0.15, 0.2) is 35.1 Å². The predicted octanol–water partition coefficient (Wildman–Crippen LogP) is 3.83.